The van der Waals surface area contributed by atoms with E-state index in [1.807, 2.05) is 43.4 Å². The van der Waals surface area contributed by atoms with Crippen molar-refractivity contribution in [3.8, 4) is 5.95 Å². The number of carboxylic acid groups (broad SMARTS) is 1. The summed E-state index contributed by atoms with van der Waals surface area (Å²) in [5.41, 5.74) is -0.578. The summed E-state index contributed by atoms with van der Waals surface area (Å²) in [6.45, 7) is 5.65. The van der Waals surface area contributed by atoms with Gasteiger partial charge in [0.1, 0.15) is 5.82 Å². The van der Waals surface area contributed by atoms with Gasteiger partial charge in [0, 0.05) is 46.4 Å². The average molecular weight is 416 g/mol. The average Bonchev–Trinajstić information content (AvgIpc) is 2.80. The third-order valence-electron chi connectivity index (χ3n) is 3.05. The first kappa shape index (κ1) is 16.6. The Labute approximate surface area is 141 Å². The van der Waals surface area contributed by atoms with Gasteiger partial charge >= 0.3 is 6.09 Å². The molecule has 0 aliphatic rings. The van der Waals surface area contributed by atoms with Crippen molar-refractivity contribution in [1.29, 1.82) is 0 Å². The van der Waals surface area contributed by atoms with Gasteiger partial charge in [-0.1, -0.05) is 6.92 Å². The molecular weight excluding hydrogens is 399 g/mol. The van der Waals surface area contributed by atoms with Crippen LogP contribution in [-0.2, 0) is 0 Å². The number of amides is 1. The molecule has 0 unspecified atom stereocenters. The van der Waals surface area contributed by atoms with Crippen LogP contribution < -0.4 is 5.32 Å². The van der Waals surface area contributed by atoms with Gasteiger partial charge in [0.2, 0.25) is 3.83 Å². The number of halogens is 1. The van der Waals surface area contributed by atoms with E-state index in [1.54, 1.807) is 23.1 Å². The Balaban J connectivity index is 2.27. The molecule has 1 amide bonds. The summed E-state index contributed by atoms with van der Waals surface area (Å²) < 4.78 is 2.19. The van der Waals surface area contributed by atoms with Crippen LogP contribution in [0, 0.1) is 3.83 Å². The first-order valence-electron chi connectivity index (χ1n) is 6.69. The Morgan fingerprint density at radius 3 is 2.68 bits per heavy atom. The molecular formula is C13H17IN6O2. The van der Waals surface area contributed by atoms with E-state index in [2.05, 4.69) is 25.4 Å². The summed E-state index contributed by atoms with van der Waals surface area (Å²) in [5.74, 6) is 1.13. The van der Waals surface area contributed by atoms with Gasteiger partial charge in [-0.2, -0.15) is 4.68 Å². The second-order valence-electron chi connectivity index (χ2n) is 5.62. The summed E-state index contributed by atoms with van der Waals surface area (Å²) in [4.78, 5) is 23.7. The van der Waals surface area contributed by atoms with E-state index >= 15 is 0 Å². The standard InChI is InChI=1S/C13H17IN6O2/c1-8(7-13(2,3)18-12(21)22)9-17-10(14)19-20(9)11-15-5-4-6-16-11/h4-6,8,18H,7H2,1-3H3,(H,21,22)/t8-/m0/s1. The fourth-order valence-electron chi connectivity index (χ4n) is 2.36. The van der Waals surface area contributed by atoms with Crippen molar-refractivity contribution in [1.82, 2.24) is 30.0 Å². The Bertz CT molecular complexity index is 658. The molecule has 0 saturated carbocycles. The number of rotatable bonds is 5. The highest BCUT2D eigenvalue weighted by Crippen LogP contribution is 2.25. The number of carbonyl (C=O) groups is 1. The number of hydrogen-bond acceptors (Lipinski definition) is 5. The molecule has 2 N–H and O–H groups in total. The van der Waals surface area contributed by atoms with Crippen LogP contribution in [0.15, 0.2) is 18.5 Å². The fraction of sp³-hybridized carbons (Fsp3) is 0.462. The summed E-state index contributed by atoms with van der Waals surface area (Å²) in [5, 5.41) is 15.7. The molecule has 22 heavy (non-hydrogen) atoms. The fourth-order valence-corrected chi connectivity index (χ4v) is 2.82. The van der Waals surface area contributed by atoms with Crippen LogP contribution in [0.4, 0.5) is 4.79 Å². The summed E-state index contributed by atoms with van der Waals surface area (Å²) in [6, 6.07) is 1.73. The lowest BCUT2D eigenvalue weighted by Gasteiger charge is -2.27. The maximum atomic E-state index is 10.9. The van der Waals surface area contributed by atoms with Gasteiger partial charge in [0.25, 0.3) is 5.95 Å². The Morgan fingerprint density at radius 1 is 1.45 bits per heavy atom. The maximum absolute atomic E-state index is 10.9. The molecule has 2 heterocycles. The SMILES string of the molecule is C[C@@H](CC(C)(C)NC(=O)O)c1nc(I)nn1-c1ncccn1. The van der Waals surface area contributed by atoms with Crippen molar-refractivity contribution in [2.75, 3.05) is 0 Å². The lowest BCUT2D eigenvalue weighted by molar-refractivity contribution is 0.179. The molecule has 2 rings (SSSR count). The number of nitrogens with zero attached hydrogens (tertiary/aromatic N) is 5. The number of nitrogens with one attached hydrogen (secondary N) is 1. The van der Waals surface area contributed by atoms with Crippen LogP contribution >= 0.6 is 22.6 Å². The Kier molecular flexibility index (Phi) is 4.94. The van der Waals surface area contributed by atoms with E-state index in [1.165, 1.54) is 0 Å². The lowest BCUT2D eigenvalue weighted by atomic mass is 9.91. The van der Waals surface area contributed by atoms with Gasteiger partial charge in [-0.05, 0) is 26.3 Å². The highest BCUT2D eigenvalue weighted by atomic mass is 127. The van der Waals surface area contributed by atoms with Crippen molar-refractivity contribution in [2.45, 2.75) is 38.6 Å². The second kappa shape index (κ2) is 6.55. The molecule has 1 atom stereocenters. The van der Waals surface area contributed by atoms with Crippen molar-refractivity contribution in [3.63, 3.8) is 0 Å². The van der Waals surface area contributed by atoms with Crippen LogP contribution in [0.3, 0.4) is 0 Å². The Morgan fingerprint density at radius 2 is 2.09 bits per heavy atom. The second-order valence-corrected chi connectivity index (χ2v) is 6.58. The van der Waals surface area contributed by atoms with E-state index in [4.69, 9.17) is 5.11 Å². The van der Waals surface area contributed by atoms with Crippen molar-refractivity contribution in [3.05, 3.63) is 28.1 Å². The zero-order valence-corrected chi connectivity index (χ0v) is 14.6. The van der Waals surface area contributed by atoms with Crippen LogP contribution in [0.2, 0.25) is 0 Å². The number of aromatic nitrogens is 5. The minimum absolute atomic E-state index is 0.0262. The maximum Gasteiger partial charge on any atom is 0.405 e. The molecule has 2 aromatic rings. The topological polar surface area (TPSA) is 106 Å². The van der Waals surface area contributed by atoms with Crippen LogP contribution in [0.25, 0.3) is 5.95 Å². The molecule has 0 spiro atoms. The minimum atomic E-state index is -1.04. The van der Waals surface area contributed by atoms with Gasteiger partial charge in [-0.3, -0.25) is 0 Å². The lowest BCUT2D eigenvalue weighted by Crippen LogP contribution is -2.43. The van der Waals surface area contributed by atoms with Crippen molar-refractivity contribution >= 4 is 28.7 Å². The highest BCUT2D eigenvalue weighted by Gasteiger charge is 2.27. The highest BCUT2D eigenvalue weighted by molar-refractivity contribution is 14.1. The molecule has 0 radical (unpaired) electrons. The zero-order valence-electron chi connectivity index (χ0n) is 12.5. The minimum Gasteiger partial charge on any atom is -0.465 e. The molecule has 8 nitrogen and oxygen atoms in total. The molecule has 0 aliphatic heterocycles. The number of hydrogen-bond donors (Lipinski definition) is 2. The van der Waals surface area contributed by atoms with Gasteiger partial charge < -0.3 is 10.4 Å². The summed E-state index contributed by atoms with van der Waals surface area (Å²) >= 11 is 2.04. The van der Waals surface area contributed by atoms with E-state index in [-0.39, 0.29) is 5.92 Å². The normalized spacial score (nSPS) is 12.9. The van der Waals surface area contributed by atoms with Gasteiger partial charge in [0.05, 0.1) is 0 Å². The first-order chi connectivity index (χ1) is 10.3. The summed E-state index contributed by atoms with van der Waals surface area (Å²) in [6.07, 6.45) is 2.81. The largest absolute Gasteiger partial charge is 0.465 e. The first-order valence-corrected chi connectivity index (χ1v) is 7.77. The molecule has 0 fully saturated rings. The Hall–Kier alpha value is -1.78. The zero-order chi connectivity index (χ0) is 16.3. The molecule has 118 valence electrons. The van der Waals surface area contributed by atoms with E-state index in [0.29, 0.717) is 22.0 Å². The van der Waals surface area contributed by atoms with Crippen LogP contribution in [0.1, 0.15) is 38.9 Å². The smallest absolute Gasteiger partial charge is 0.405 e. The molecule has 9 heteroatoms. The monoisotopic (exact) mass is 416 g/mol. The predicted octanol–water partition coefficient (Wildman–Crippen LogP) is 2.20. The quantitative estimate of drug-likeness (QED) is 0.725. The summed E-state index contributed by atoms with van der Waals surface area (Å²) in [7, 11) is 0. The van der Waals surface area contributed by atoms with Gasteiger partial charge in [-0.25, -0.2) is 19.7 Å². The van der Waals surface area contributed by atoms with E-state index in [9.17, 15) is 4.79 Å². The van der Waals surface area contributed by atoms with Crippen molar-refractivity contribution in [2.24, 2.45) is 0 Å². The third-order valence-corrected chi connectivity index (χ3v) is 3.51. The molecule has 0 bridgehead atoms. The third kappa shape index (κ3) is 4.12. The van der Waals surface area contributed by atoms with E-state index < -0.39 is 11.6 Å². The molecule has 0 aliphatic carbocycles. The molecule has 0 aromatic carbocycles. The molecule has 0 saturated heterocycles. The van der Waals surface area contributed by atoms with Crippen LogP contribution in [0.5, 0.6) is 0 Å². The van der Waals surface area contributed by atoms with Crippen molar-refractivity contribution < 1.29 is 9.90 Å². The van der Waals surface area contributed by atoms with Crippen LogP contribution in [-0.4, -0.2) is 41.5 Å². The van der Waals surface area contributed by atoms with Gasteiger partial charge in [0.15, 0.2) is 0 Å². The molecule has 2 aromatic heterocycles. The van der Waals surface area contributed by atoms with Gasteiger partial charge in [-0.15, -0.1) is 5.10 Å². The predicted molar refractivity (Wildman–Crippen MR) is 87.9 cm³/mol. The van der Waals surface area contributed by atoms with E-state index in [0.717, 1.165) is 0 Å².